The summed E-state index contributed by atoms with van der Waals surface area (Å²) in [7, 11) is 0. The smallest absolute Gasteiger partial charge is 0.134 e. The van der Waals surface area contributed by atoms with Crippen LogP contribution in [0.25, 0.3) is 11.3 Å². The SMILES string of the molecule is CC(C)(C)n1cnc(-c2ccc(Cl)cc2F)c1N. The zero-order chi connectivity index (χ0) is 13.5. The van der Waals surface area contributed by atoms with Crippen LogP contribution in [0.4, 0.5) is 10.2 Å². The van der Waals surface area contributed by atoms with Gasteiger partial charge in [-0.15, -0.1) is 0 Å². The summed E-state index contributed by atoms with van der Waals surface area (Å²) in [6.45, 7) is 6.02. The normalized spacial score (nSPS) is 11.8. The number of rotatable bonds is 1. The molecule has 1 aromatic carbocycles. The number of nitrogens with zero attached hydrogens (tertiary/aromatic N) is 2. The fourth-order valence-corrected chi connectivity index (χ4v) is 1.94. The van der Waals surface area contributed by atoms with E-state index in [4.69, 9.17) is 17.3 Å². The second-order valence-corrected chi connectivity index (χ2v) is 5.58. The molecule has 0 saturated heterocycles. The van der Waals surface area contributed by atoms with E-state index in [1.54, 1.807) is 18.5 Å². The Kier molecular flexibility index (Phi) is 3.07. The Morgan fingerprint density at radius 1 is 1.33 bits per heavy atom. The van der Waals surface area contributed by atoms with Crippen molar-refractivity contribution in [2.24, 2.45) is 0 Å². The van der Waals surface area contributed by atoms with Crippen LogP contribution in [0, 0.1) is 5.82 Å². The van der Waals surface area contributed by atoms with E-state index in [2.05, 4.69) is 4.98 Å². The molecule has 2 aromatic rings. The van der Waals surface area contributed by atoms with Gasteiger partial charge in [0.25, 0.3) is 0 Å². The first-order valence-corrected chi connectivity index (χ1v) is 5.97. The van der Waals surface area contributed by atoms with Crippen molar-refractivity contribution >= 4 is 17.4 Å². The first kappa shape index (κ1) is 12.9. The Labute approximate surface area is 110 Å². The molecular formula is C13H15ClFN3. The molecule has 0 bridgehead atoms. The average Bonchev–Trinajstić information content (AvgIpc) is 2.60. The first-order chi connectivity index (χ1) is 8.30. The van der Waals surface area contributed by atoms with Gasteiger partial charge < -0.3 is 10.3 Å². The summed E-state index contributed by atoms with van der Waals surface area (Å²) in [4.78, 5) is 4.20. The van der Waals surface area contributed by atoms with Gasteiger partial charge in [0.05, 0.1) is 6.33 Å². The van der Waals surface area contributed by atoms with Crippen LogP contribution in [0.2, 0.25) is 5.02 Å². The number of anilines is 1. The minimum atomic E-state index is -0.423. The van der Waals surface area contributed by atoms with Crippen molar-refractivity contribution < 1.29 is 4.39 Å². The van der Waals surface area contributed by atoms with E-state index in [1.807, 2.05) is 25.3 Å². The van der Waals surface area contributed by atoms with Gasteiger partial charge in [-0.05, 0) is 39.0 Å². The number of nitrogen functional groups attached to an aromatic ring is 1. The van der Waals surface area contributed by atoms with Crippen molar-refractivity contribution in [2.75, 3.05) is 5.73 Å². The van der Waals surface area contributed by atoms with Gasteiger partial charge in [0.15, 0.2) is 0 Å². The summed E-state index contributed by atoms with van der Waals surface area (Å²) in [6, 6.07) is 4.46. The summed E-state index contributed by atoms with van der Waals surface area (Å²) < 4.78 is 15.6. The molecule has 0 radical (unpaired) electrons. The van der Waals surface area contributed by atoms with Crippen LogP contribution in [0.15, 0.2) is 24.5 Å². The van der Waals surface area contributed by atoms with Crippen molar-refractivity contribution in [3.05, 3.63) is 35.4 Å². The van der Waals surface area contributed by atoms with Crippen LogP contribution in [0.3, 0.4) is 0 Å². The molecule has 5 heteroatoms. The van der Waals surface area contributed by atoms with Gasteiger partial charge in [-0.2, -0.15) is 0 Å². The molecule has 2 N–H and O–H groups in total. The third kappa shape index (κ3) is 2.20. The van der Waals surface area contributed by atoms with E-state index in [9.17, 15) is 4.39 Å². The van der Waals surface area contributed by atoms with Gasteiger partial charge in [0.2, 0.25) is 0 Å². The third-order valence-corrected chi connectivity index (χ3v) is 2.95. The summed E-state index contributed by atoms with van der Waals surface area (Å²) >= 11 is 5.73. The van der Waals surface area contributed by atoms with E-state index in [0.717, 1.165) is 0 Å². The molecule has 0 aliphatic carbocycles. The molecule has 0 amide bonds. The Balaban J connectivity index is 2.56. The van der Waals surface area contributed by atoms with Crippen molar-refractivity contribution in [3.8, 4) is 11.3 Å². The highest BCUT2D eigenvalue weighted by molar-refractivity contribution is 6.30. The lowest BCUT2D eigenvalue weighted by Crippen LogP contribution is -2.22. The topological polar surface area (TPSA) is 43.8 Å². The van der Waals surface area contributed by atoms with Gasteiger partial charge in [0.1, 0.15) is 17.3 Å². The summed E-state index contributed by atoms with van der Waals surface area (Å²) in [5.74, 6) is 0.0251. The molecule has 1 aromatic heterocycles. The van der Waals surface area contributed by atoms with Crippen LogP contribution < -0.4 is 5.73 Å². The van der Waals surface area contributed by atoms with Crippen molar-refractivity contribution in [3.63, 3.8) is 0 Å². The number of aromatic nitrogens is 2. The maximum atomic E-state index is 13.8. The lowest BCUT2D eigenvalue weighted by atomic mass is 10.1. The molecule has 3 nitrogen and oxygen atoms in total. The Bertz CT molecular complexity index is 584. The predicted octanol–water partition coefficient (Wildman–Crippen LogP) is 3.68. The Morgan fingerprint density at radius 2 is 2.00 bits per heavy atom. The van der Waals surface area contributed by atoms with E-state index in [-0.39, 0.29) is 5.54 Å². The van der Waals surface area contributed by atoms with Gasteiger partial charge in [-0.3, -0.25) is 0 Å². The molecule has 0 aliphatic rings. The van der Waals surface area contributed by atoms with Crippen LogP contribution in [-0.4, -0.2) is 9.55 Å². The second kappa shape index (κ2) is 4.28. The molecule has 0 saturated carbocycles. The number of halogens is 2. The molecule has 96 valence electrons. The quantitative estimate of drug-likeness (QED) is 0.857. The predicted molar refractivity (Wildman–Crippen MR) is 72.0 cm³/mol. The minimum Gasteiger partial charge on any atom is -0.383 e. The molecule has 2 rings (SSSR count). The number of nitrogens with two attached hydrogens (primary N) is 1. The zero-order valence-electron chi connectivity index (χ0n) is 10.5. The fourth-order valence-electron chi connectivity index (χ4n) is 1.78. The van der Waals surface area contributed by atoms with E-state index in [0.29, 0.717) is 22.1 Å². The number of benzene rings is 1. The monoisotopic (exact) mass is 267 g/mol. The molecular weight excluding hydrogens is 253 g/mol. The van der Waals surface area contributed by atoms with Crippen molar-refractivity contribution in [1.82, 2.24) is 9.55 Å². The number of hydrogen-bond acceptors (Lipinski definition) is 2. The lowest BCUT2D eigenvalue weighted by Gasteiger charge is -2.22. The molecule has 0 unspecified atom stereocenters. The fraction of sp³-hybridized carbons (Fsp3) is 0.308. The third-order valence-electron chi connectivity index (χ3n) is 2.71. The van der Waals surface area contributed by atoms with Crippen LogP contribution in [0.5, 0.6) is 0 Å². The standard InChI is InChI=1S/C13H15ClFN3/c1-13(2,3)18-7-17-11(12(18)16)9-5-4-8(14)6-10(9)15/h4-7H,16H2,1-3H3. The van der Waals surface area contributed by atoms with E-state index >= 15 is 0 Å². The molecule has 0 spiro atoms. The number of hydrogen-bond donors (Lipinski definition) is 1. The molecule has 0 atom stereocenters. The van der Waals surface area contributed by atoms with Gasteiger partial charge in [-0.25, -0.2) is 9.37 Å². The molecule has 1 heterocycles. The highest BCUT2D eigenvalue weighted by Crippen LogP contribution is 2.31. The minimum absolute atomic E-state index is 0.196. The van der Waals surface area contributed by atoms with E-state index in [1.165, 1.54) is 6.07 Å². The first-order valence-electron chi connectivity index (χ1n) is 5.59. The van der Waals surface area contributed by atoms with Crippen molar-refractivity contribution in [1.29, 1.82) is 0 Å². The highest BCUT2D eigenvalue weighted by atomic mass is 35.5. The Morgan fingerprint density at radius 3 is 2.50 bits per heavy atom. The highest BCUT2D eigenvalue weighted by Gasteiger charge is 2.20. The van der Waals surface area contributed by atoms with Gasteiger partial charge >= 0.3 is 0 Å². The number of imidazole rings is 1. The van der Waals surface area contributed by atoms with Crippen molar-refractivity contribution in [2.45, 2.75) is 26.3 Å². The lowest BCUT2D eigenvalue weighted by molar-refractivity contribution is 0.402. The van der Waals surface area contributed by atoms with Crippen LogP contribution >= 0.6 is 11.6 Å². The van der Waals surface area contributed by atoms with Crippen LogP contribution in [0.1, 0.15) is 20.8 Å². The molecule has 18 heavy (non-hydrogen) atoms. The average molecular weight is 268 g/mol. The summed E-state index contributed by atoms with van der Waals surface area (Å²) in [5.41, 5.74) is 6.64. The largest absolute Gasteiger partial charge is 0.383 e. The van der Waals surface area contributed by atoms with Gasteiger partial charge in [-0.1, -0.05) is 11.6 Å². The molecule has 0 fully saturated rings. The Hall–Kier alpha value is -1.55. The van der Waals surface area contributed by atoms with Crippen LogP contribution in [-0.2, 0) is 5.54 Å². The molecule has 0 aliphatic heterocycles. The maximum Gasteiger partial charge on any atom is 0.134 e. The maximum absolute atomic E-state index is 13.8. The summed E-state index contributed by atoms with van der Waals surface area (Å²) in [5, 5.41) is 0.352. The zero-order valence-corrected chi connectivity index (χ0v) is 11.3. The summed E-state index contributed by atoms with van der Waals surface area (Å²) in [6.07, 6.45) is 1.62. The van der Waals surface area contributed by atoms with Gasteiger partial charge in [0, 0.05) is 16.1 Å². The van der Waals surface area contributed by atoms with E-state index < -0.39 is 5.82 Å². The second-order valence-electron chi connectivity index (χ2n) is 5.14.